The van der Waals surface area contributed by atoms with Crippen LogP contribution < -0.4 is 0 Å². The predicted octanol–water partition coefficient (Wildman–Crippen LogP) is 8.86. The lowest BCUT2D eigenvalue weighted by Crippen LogP contribution is -2.41. The number of ether oxygens (including phenoxy) is 3. The van der Waals surface area contributed by atoms with Gasteiger partial charge < -0.3 is 19.3 Å². The van der Waals surface area contributed by atoms with E-state index in [1.807, 2.05) is 36.4 Å². The highest BCUT2D eigenvalue weighted by molar-refractivity contribution is 5.66. The van der Waals surface area contributed by atoms with Gasteiger partial charge >= 0.3 is 11.9 Å². The van der Waals surface area contributed by atoms with Crippen molar-refractivity contribution < 1.29 is 28.9 Å². The molecule has 1 aliphatic carbocycles. The fourth-order valence-electron chi connectivity index (χ4n) is 6.41. The van der Waals surface area contributed by atoms with Crippen molar-refractivity contribution in [3.8, 4) is 0 Å². The zero-order valence-electron chi connectivity index (χ0n) is 25.8. The van der Waals surface area contributed by atoms with Gasteiger partial charge in [0, 0.05) is 25.7 Å². The summed E-state index contributed by atoms with van der Waals surface area (Å²) in [7, 11) is 0. The number of aliphatic carboxylic acids is 1. The van der Waals surface area contributed by atoms with E-state index in [0.29, 0.717) is 25.6 Å². The number of carbonyl (C=O) groups excluding carboxylic acids is 1. The van der Waals surface area contributed by atoms with Gasteiger partial charge in [0.1, 0.15) is 6.10 Å². The molecule has 1 N–H and O–H groups in total. The van der Waals surface area contributed by atoms with Gasteiger partial charge in [0.15, 0.2) is 5.79 Å². The van der Waals surface area contributed by atoms with Crippen molar-refractivity contribution in [3.63, 3.8) is 0 Å². The van der Waals surface area contributed by atoms with E-state index in [1.54, 1.807) is 0 Å². The Morgan fingerprint density at radius 1 is 0.833 bits per heavy atom. The molecule has 1 fully saturated rings. The quantitative estimate of drug-likeness (QED) is 0.0902. The van der Waals surface area contributed by atoms with Crippen LogP contribution in [0.5, 0.6) is 0 Å². The van der Waals surface area contributed by atoms with Crippen LogP contribution in [0.2, 0.25) is 0 Å². The Hall–Kier alpha value is -2.70. The molecular weight excluding hydrogens is 528 g/mol. The van der Waals surface area contributed by atoms with Crippen molar-refractivity contribution >= 4 is 11.9 Å². The predicted molar refractivity (Wildman–Crippen MR) is 166 cm³/mol. The van der Waals surface area contributed by atoms with Crippen molar-refractivity contribution in [2.45, 2.75) is 129 Å². The summed E-state index contributed by atoms with van der Waals surface area (Å²) in [5.74, 6) is -1.02. The molecule has 0 aromatic heterocycles. The Morgan fingerprint density at radius 3 is 2.02 bits per heavy atom. The summed E-state index contributed by atoms with van der Waals surface area (Å²) in [4.78, 5) is 22.8. The van der Waals surface area contributed by atoms with Crippen LogP contribution in [-0.2, 0) is 37.0 Å². The van der Waals surface area contributed by atoms with E-state index < -0.39 is 11.8 Å². The minimum Gasteiger partial charge on any atom is -0.481 e. The summed E-state index contributed by atoms with van der Waals surface area (Å²) in [6, 6.07) is 20.6. The number of esters is 1. The van der Waals surface area contributed by atoms with Crippen molar-refractivity contribution in [3.05, 3.63) is 71.8 Å². The van der Waals surface area contributed by atoms with Gasteiger partial charge in [-0.1, -0.05) is 99.7 Å². The van der Waals surface area contributed by atoms with Crippen LogP contribution >= 0.6 is 0 Å². The van der Waals surface area contributed by atoms with Crippen LogP contribution in [0.4, 0.5) is 0 Å². The maximum atomic E-state index is 11.9. The second-order valence-corrected chi connectivity index (χ2v) is 11.9. The molecule has 0 heterocycles. The average molecular weight is 581 g/mol. The molecule has 0 amide bonds. The third kappa shape index (κ3) is 11.9. The first-order valence-electron chi connectivity index (χ1n) is 16.2. The average Bonchev–Trinajstić information content (AvgIpc) is 3.33. The molecule has 3 rings (SSSR count). The number of carboxylic acids is 1. The molecule has 0 saturated heterocycles. The van der Waals surface area contributed by atoms with E-state index in [0.717, 1.165) is 88.2 Å². The molecule has 0 radical (unpaired) electrons. The number of carboxylic acid groups (broad SMARTS) is 1. The molecule has 1 aliphatic rings. The van der Waals surface area contributed by atoms with E-state index in [2.05, 4.69) is 31.2 Å². The van der Waals surface area contributed by atoms with Gasteiger partial charge in [-0.15, -0.1) is 0 Å². The molecule has 42 heavy (non-hydrogen) atoms. The monoisotopic (exact) mass is 580 g/mol. The third-order valence-corrected chi connectivity index (χ3v) is 8.63. The second kappa shape index (κ2) is 18.8. The molecule has 1 saturated carbocycles. The highest BCUT2D eigenvalue weighted by Crippen LogP contribution is 2.49. The largest absolute Gasteiger partial charge is 0.481 e. The number of rotatable bonds is 21. The zero-order chi connectivity index (χ0) is 30.0. The van der Waals surface area contributed by atoms with Crippen molar-refractivity contribution in [2.75, 3.05) is 0 Å². The lowest BCUT2D eigenvalue weighted by Gasteiger charge is -2.38. The van der Waals surface area contributed by atoms with Crippen LogP contribution in [-0.4, -0.2) is 28.9 Å². The molecule has 2 aromatic carbocycles. The molecule has 0 unspecified atom stereocenters. The third-order valence-electron chi connectivity index (χ3n) is 8.63. The summed E-state index contributed by atoms with van der Waals surface area (Å²) >= 11 is 0. The molecule has 0 aliphatic heterocycles. The molecule has 232 valence electrons. The Balaban J connectivity index is 1.76. The smallest absolute Gasteiger partial charge is 0.303 e. The van der Waals surface area contributed by atoms with Gasteiger partial charge in [-0.25, -0.2) is 0 Å². The van der Waals surface area contributed by atoms with Gasteiger partial charge in [0.2, 0.25) is 0 Å². The highest BCUT2D eigenvalue weighted by atomic mass is 16.7. The van der Waals surface area contributed by atoms with E-state index in [-0.39, 0.29) is 24.4 Å². The molecule has 2 aromatic rings. The summed E-state index contributed by atoms with van der Waals surface area (Å²) in [5.41, 5.74) is 2.25. The molecule has 6 heteroatoms. The van der Waals surface area contributed by atoms with Gasteiger partial charge in [0.05, 0.1) is 13.2 Å². The minimum atomic E-state index is -0.727. The second-order valence-electron chi connectivity index (χ2n) is 11.9. The maximum absolute atomic E-state index is 11.9. The van der Waals surface area contributed by atoms with Crippen molar-refractivity contribution in [2.24, 2.45) is 11.8 Å². The standard InChI is InChI=1S/C36H52O6/c1-3-4-9-20-33(42-29(2)37)24-23-32-25-26-36(40-27-30-16-10-7-11-17-30,41-28-31-18-12-8-13-19-31)34(32)21-14-5-6-15-22-35(38)39/h7-8,10-13,16-19,32-34H,3-6,9,14-15,20-28H2,1-2H3,(H,38,39)/t32-,33-,34+/m0/s1. The van der Waals surface area contributed by atoms with E-state index in [4.69, 9.17) is 19.3 Å². The lowest BCUT2D eigenvalue weighted by molar-refractivity contribution is -0.273. The molecule has 0 spiro atoms. The number of hydrogen-bond donors (Lipinski definition) is 1. The molecule has 0 bridgehead atoms. The SMILES string of the molecule is CCCCC[C@@H](CC[C@H]1CCC(OCc2ccccc2)(OCc2ccccc2)[C@@H]1CCCCCCC(=O)O)OC(C)=O. The maximum Gasteiger partial charge on any atom is 0.303 e. The first-order valence-corrected chi connectivity index (χ1v) is 16.2. The highest BCUT2D eigenvalue weighted by Gasteiger charge is 2.50. The van der Waals surface area contributed by atoms with Crippen LogP contribution in [0.25, 0.3) is 0 Å². The van der Waals surface area contributed by atoms with Gasteiger partial charge in [0.25, 0.3) is 0 Å². The summed E-state index contributed by atoms with van der Waals surface area (Å²) < 4.78 is 19.4. The van der Waals surface area contributed by atoms with Gasteiger partial charge in [-0.2, -0.15) is 0 Å². The fraction of sp³-hybridized carbons (Fsp3) is 0.611. The van der Waals surface area contributed by atoms with Gasteiger partial charge in [-0.3, -0.25) is 9.59 Å². The van der Waals surface area contributed by atoms with Gasteiger partial charge in [-0.05, 0) is 62.0 Å². The van der Waals surface area contributed by atoms with E-state index in [1.165, 1.54) is 6.92 Å². The van der Waals surface area contributed by atoms with Crippen molar-refractivity contribution in [1.82, 2.24) is 0 Å². The van der Waals surface area contributed by atoms with E-state index in [9.17, 15) is 9.59 Å². The number of carbonyl (C=O) groups is 2. The van der Waals surface area contributed by atoms with Crippen molar-refractivity contribution in [1.29, 1.82) is 0 Å². The molecule has 6 nitrogen and oxygen atoms in total. The Bertz CT molecular complexity index is 980. The number of hydrogen-bond acceptors (Lipinski definition) is 5. The normalized spacial score (nSPS) is 18.5. The Kier molecular flexibility index (Phi) is 15.1. The van der Waals surface area contributed by atoms with E-state index >= 15 is 0 Å². The minimum absolute atomic E-state index is 0.0452. The number of benzene rings is 2. The summed E-state index contributed by atoms with van der Waals surface area (Å²) in [6.07, 6.45) is 12.7. The summed E-state index contributed by atoms with van der Waals surface area (Å²) in [6.45, 7) is 4.68. The topological polar surface area (TPSA) is 82.1 Å². The van der Waals surface area contributed by atoms with Crippen LogP contribution in [0.15, 0.2) is 60.7 Å². The first-order chi connectivity index (χ1) is 20.4. The van der Waals surface area contributed by atoms with Crippen LogP contribution in [0, 0.1) is 11.8 Å². The van der Waals surface area contributed by atoms with Crippen LogP contribution in [0.1, 0.15) is 115 Å². The Labute approximate surface area is 253 Å². The molecular formula is C36H52O6. The van der Waals surface area contributed by atoms with Crippen LogP contribution in [0.3, 0.4) is 0 Å². The summed E-state index contributed by atoms with van der Waals surface area (Å²) in [5, 5.41) is 9.01. The number of unbranched alkanes of at least 4 members (excludes halogenated alkanes) is 5. The Morgan fingerprint density at radius 2 is 1.45 bits per heavy atom. The zero-order valence-corrected chi connectivity index (χ0v) is 25.8. The fourth-order valence-corrected chi connectivity index (χ4v) is 6.41. The molecule has 3 atom stereocenters. The lowest BCUT2D eigenvalue weighted by atomic mass is 9.83. The first kappa shape index (κ1) is 33.8.